The van der Waals surface area contributed by atoms with E-state index in [4.69, 9.17) is 9.47 Å². The number of benzene rings is 1. The lowest BCUT2D eigenvalue weighted by atomic mass is 10.1. The summed E-state index contributed by atoms with van der Waals surface area (Å²) in [6.45, 7) is 1.35. The van der Waals surface area contributed by atoms with Gasteiger partial charge < -0.3 is 9.47 Å². The van der Waals surface area contributed by atoms with E-state index < -0.39 is 0 Å². The number of fused-ring (bicyclic) bond motifs is 2. The molecule has 1 aromatic carbocycles. The number of methoxy groups -OCH3 is 1. The first kappa shape index (κ1) is 9.81. The van der Waals surface area contributed by atoms with Gasteiger partial charge >= 0.3 is 5.97 Å². The summed E-state index contributed by atoms with van der Waals surface area (Å²) in [7, 11) is 1.40. The Morgan fingerprint density at radius 2 is 2.06 bits per heavy atom. The Labute approximate surface area is 96.6 Å². The zero-order chi connectivity index (χ0) is 11.1. The second kappa shape index (κ2) is 3.57. The van der Waals surface area contributed by atoms with Crippen LogP contribution >= 0.6 is 11.3 Å². The highest BCUT2D eigenvalue weighted by molar-refractivity contribution is 7.20. The fourth-order valence-corrected chi connectivity index (χ4v) is 2.94. The molecule has 0 spiro atoms. The molecule has 2 heterocycles. The predicted octanol–water partition coefficient (Wildman–Crippen LogP) is 2.72. The second-order valence-electron chi connectivity index (χ2n) is 3.75. The van der Waals surface area contributed by atoms with Crippen molar-refractivity contribution in [2.75, 3.05) is 7.11 Å². The fraction of sp³-hybridized carbons (Fsp3) is 0.250. The lowest BCUT2D eigenvalue weighted by molar-refractivity contribution is 0.0606. The molecule has 16 heavy (non-hydrogen) atoms. The van der Waals surface area contributed by atoms with E-state index in [1.165, 1.54) is 29.6 Å². The van der Waals surface area contributed by atoms with Gasteiger partial charge in [0.2, 0.25) is 0 Å². The van der Waals surface area contributed by atoms with E-state index in [-0.39, 0.29) is 5.97 Å². The molecule has 0 N–H and O–H groups in total. The van der Waals surface area contributed by atoms with Gasteiger partial charge in [-0.1, -0.05) is 0 Å². The Balaban J connectivity index is 2.15. The Morgan fingerprint density at radius 1 is 1.31 bits per heavy atom. The number of esters is 1. The summed E-state index contributed by atoms with van der Waals surface area (Å²) >= 11 is 1.47. The van der Waals surface area contributed by atoms with Gasteiger partial charge in [-0.25, -0.2) is 4.79 Å². The van der Waals surface area contributed by atoms with Crippen molar-refractivity contribution in [2.24, 2.45) is 0 Å². The van der Waals surface area contributed by atoms with Crippen LogP contribution < -0.4 is 0 Å². The average molecular weight is 234 g/mol. The molecule has 0 atom stereocenters. The van der Waals surface area contributed by atoms with Crippen molar-refractivity contribution in [1.82, 2.24) is 0 Å². The summed E-state index contributed by atoms with van der Waals surface area (Å²) in [6, 6.07) is 6.08. The SMILES string of the molecule is COC(=O)c1cc2cc3c(cc2s1)COC3. The molecular formula is C12H10O3S. The van der Waals surface area contributed by atoms with Crippen LogP contribution in [0.2, 0.25) is 0 Å². The van der Waals surface area contributed by atoms with Gasteiger partial charge in [-0.2, -0.15) is 0 Å². The zero-order valence-electron chi connectivity index (χ0n) is 8.78. The van der Waals surface area contributed by atoms with Crippen molar-refractivity contribution in [3.05, 3.63) is 34.2 Å². The molecule has 2 aromatic rings. The van der Waals surface area contributed by atoms with Crippen LogP contribution in [-0.2, 0) is 22.7 Å². The molecule has 0 saturated carbocycles. The lowest BCUT2D eigenvalue weighted by Gasteiger charge is -1.95. The van der Waals surface area contributed by atoms with Crippen molar-refractivity contribution in [1.29, 1.82) is 0 Å². The number of thiophene rings is 1. The Morgan fingerprint density at radius 3 is 2.81 bits per heavy atom. The monoisotopic (exact) mass is 234 g/mol. The second-order valence-corrected chi connectivity index (χ2v) is 4.84. The summed E-state index contributed by atoms with van der Waals surface area (Å²) in [5.74, 6) is -0.266. The number of hydrogen-bond donors (Lipinski definition) is 0. The minimum atomic E-state index is -0.266. The third kappa shape index (κ3) is 1.42. The zero-order valence-corrected chi connectivity index (χ0v) is 9.60. The normalized spacial score (nSPS) is 14.1. The number of carbonyl (C=O) groups excluding carboxylic acids is 1. The average Bonchev–Trinajstić information content (AvgIpc) is 2.89. The summed E-state index contributed by atoms with van der Waals surface area (Å²) in [5.41, 5.74) is 2.45. The lowest BCUT2D eigenvalue weighted by Crippen LogP contribution is -1.96. The minimum absolute atomic E-state index is 0.266. The first-order valence-corrected chi connectivity index (χ1v) is 5.81. The van der Waals surface area contributed by atoms with Gasteiger partial charge in [0.05, 0.1) is 20.3 Å². The molecule has 82 valence electrons. The first-order valence-electron chi connectivity index (χ1n) is 4.99. The summed E-state index contributed by atoms with van der Waals surface area (Å²) < 4.78 is 11.2. The Bertz CT molecular complexity index is 530. The van der Waals surface area contributed by atoms with Gasteiger partial charge in [-0.15, -0.1) is 11.3 Å². The molecule has 4 heteroatoms. The summed E-state index contributed by atoms with van der Waals surface area (Å²) in [6.07, 6.45) is 0. The number of carbonyl (C=O) groups is 1. The molecule has 1 aliphatic heterocycles. The van der Waals surface area contributed by atoms with E-state index in [1.54, 1.807) is 0 Å². The molecule has 0 radical (unpaired) electrons. The maximum absolute atomic E-state index is 11.4. The highest BCUT2D eigenvalue weighted by atomic mass is 32.1. The topological polar surface area (TPSA) is 35.5 Å². The molecule has 0 aliphatic carbocycles. The Hall–Kier alpha value is -1.39. The van der Waals surface area contributed by atoms with Crippen molar-refractivity contribution >= 4 is 27.4 Å². The van der Waals surface area contributed by atoms with Crippen LogP contribution in [0.25, 0.3) is 10.1 Å². The van der Waals surface area contributed by atoms with Gasteiger partial charge in [0.15, 0.2) is 0 Å². The molecule has 3 nitrogen and oxygen atoms in total. The third-order valence-electron chi connectivity index (χ3n) is 2.74. The number of rotatable bonds is 1. The molecule has 0 amide bonds. The van der Waals surface area contributed by atoms with Gasteiger partial charge in [-0.3, -0.25) is 0 Å². The van der Waals surface area contributed by atoms with E-state index >= 15 is 0 Å². The first-order chi connectivity index (χ1) is 7.78. The molecule has 0 bridgehead atoms. The van der Waals surface area contributed by atoms with Gasteiger partial charge in [0.25, 0.3) is 0 Å². The summed E-state index contributed by atoms with van der Waals surface area (Å²) in [4.78, 5) is 12.1. The van der Waals surface area contributed by atoms with E-state index in [2.05, 4.69) is 12.1 Å². The number of ether oxygens (including phenoxy) is 2. The Kier molecular flexibility index (Phi) is 2.19. The fourth-order valence-electron chi connectivity index (χ4n) is 1.92. The van der Waals surface area contributed by atoms with E-state index in [0.29, 0.717) is 18.1 Å². The van der Waals surface area contributed by atoms with Crippen LogP contribution in [0.3, 0.4) is 0 Å². The van der Waals surface area contributed by atoms with Crippen molar-refractivity contribution in [2.45, 2.75) is 13.2 Å². The maximum atomic E-state index is 11.4. The van der Waals surface area contributed by atoms with Gasteiger partial charge in [-0.05, 0) is 34.7 Å². The largest absolute Gasteiger partial charge is 0.465 e. The minimum Gasteiger partial charge on any atom is -0.465 e. The molecular weight excluding hydrogens is 224 g/mol. The third-order valence-corrected chi connectivity index (χ3v) is 3.82. The van der Waals surface area contributed by atoms with Gasteiger partial charge in [0, 0.05) is 4.70 Å². The van der Waals surface area contributed by atoms with Crippen LogP contribution in [-0.4, -0.2) is 13.1 Å². The quantitative estimate of drug-likeness (QED) is 0.712. The molecule has 1 aromatic heterocycles. The van der Waals surface area contributed by atoms with Gasteiger partial charge in [0.1, 0.15) is 4.88 Å². The standard InChI is InChI=1S/C12H10O3S/c1-14-12(13)11-3-7-2-8-5-15-6-9(8)4-10(7)16-11/h2-4H,5-6H2,1H3. The number of hydrogen-bond acceptors (Lipinski definition) is 4. The van der Waals surface area contributed by atoms with Crippen LogP contribution in [0, 0.1) is 0 Å². The van der Waals surface area contributed by atoms with Crippen molar-refractivity contribution < 1.29 is 14.3 Å². The molecule has 0 saturated heterocycles. The van der Waals surface area contributed by atoms with Crippen molar-refractivity contribution in [3.63, 3.8) is 0 Å². The highest BCUT2D eigenvalue weighted by Crippen LogP contribution is 2.31. The van der Waals surface area contributed by atoms with E-state index in [9.17, 15) is 4.79 Å². The van der Waals surface area contributed by atoms with Crippen molar-refractivity contribution in [3.8, 4) is 0 Å². The van der Waals surface area contributed by atoms with E-state index in [1.807, 2.05) is 6.07 Å². The van der Waals surface area contributed by atoms with Crippen LogP contribution in [0.5, 0.6) is 0 Å². The molecule has 0 fully saturated rings. The maximum Gasteiger partial charge on any atom is 0.348 e. The highest BCUT2D eigenvalue weighted by Gasteiger charge is 2.15. The van der Waals surface area contributed by atoms with Crippen LogP contribution in [0.15, 0.2) is 18.2 Å². The molecule has 1 aliphatic rings. The molecule has 0 unspecified atom stereocenters. The summed E-state index contributed by atoms with van der Waals surface area (Å²) in [5, 5.41) is 1.09. The molecule has 3 rings (SSSR count). The predicted molar refractivity (Wildman–Crippen MR) is 61.7 cm³/mol. The van der Waals surface area contributed by atoms with Crippen LogP contribution in [0.1, 0.15) is 20.8 Å². The van der Waals surface area contributed by atoms with Crippen LogP contribution in [0.4, 0.5) is 0 Å². The smallest absolute Gasteiger partial charge is 0.348 e. The van der Waals surface area contributed by atoms with E-state index in [0.717, 1.165) is 10.1 Å².